The van der Waals surface area contributed by atoms with Crippen molar-refractivity contribution in [3.05, 3.63) is 192 Å². The van der Waals surface area contributed by atoms with Gasteiger partial charge in [-0.2, -0.15) is 0 Å². The second-order valence-electron chi connectivity index (χ2n) is 10.4. The number of hydrogen-bond donors (Lipinski definition) is 0. The maximum atomic E-state index is 6.36. The summed E-state index contributed by atoms with van der Waals surface area (Å²) in [5.74, 6) is 2.04. The first-order valence-electron chi connectivity index (χ1n) is 15.3. The molecule has 2 aromatic carbocycles. The summed E-state index contributed by atoms with van der Waals surface area (Å²) in [7, 11) is 0. The molecule has 0 N–H and O–H groups in total. The lowest BCUT2D eigenvalue weighted by atomic mass is 9.97. The summed E-state index contributed by atoms with van der Waals surface area (Å²) >= 11 is 0. The van der Waals surface area contributed by atoms with E-state index in [0.29, 0.717) is 0 Å². The zero-order valence-corrected chi connectivity index (χ0v) is 26.2. The van der Waals surface area contributed by atoms with Gasteiger partial charge in [0.25, 0.3) is 0 Å². The van der Waals surface area contributed by atoms with Gasteiger partial charge in [-0.15, -0.1) is 0 Å². The monoisotopic (exact) mass is 566 g/mol. The van der Waals surface area contributed by atoms with Gasteiger partial charge in [0.05, 0.1) is 0 Å². The second kappa shape index (κ2) is 18.7. The quantitative estimate of drug-likeness (QED) is 0.207. The average Bonchev–Trinajstić information content (AvgIpc) is 3.04. The molecule has 0 aromatic heterocycles. The van der Waals surface area contributed by atoms with E-state index in [2.05, 4.69) is 143 Å². The molecule has 220 valence electrons. The highest BCUT2D eigenvalue weighted by atomic mass is 16.5. The molecule has 0 bridgehead atoms. The van der Waals surface area contributed by atoms with Gasteiger partial charge in [0.15, 0.2) is 0 Å². The van der Waals surface area contributed by atoms with Crippen LogP contribution in [0.5, 0.6) is 0 Å². The molecule has 0 fully saturated rings. The van der Waals surface area contributed by atoms with E-state index >= 15 is 0 Å². The minimum atomic E-state index is 0.229. The van der Waals surface area contributed by atoms with Crippen LogP contribution < -0.4 is 0 Å². The molecule has 0 amide bonds. The lowest BCUT2D eigenvalue weighted by Gasteiger charge is -2.22. The number of ether oxygens (including phenoxy) is 1. The molecule has 43 heavy (non-hydrogen) atoms. The van der Waals surface area contributed by atoms with Crippen LogP contribution in [0.15, 0.2) is 181 Å². The van der Waals surface area contributed by atoms with Gasteiger partial charge in [-0.25, -0.2) is 0 Å². The smallest absolute Gasteiger partial charge is 0.131 e. The number of allylic oxidation sites excluding steroid dienone is 19. The van der Waals surface area contributed by atoms with Crippen molar-refractivity contribution in [3.8, 4) is 0 Å². The van der Waals surface area contributed by atoms with Gasteiger partial charge in [0.1, 0.15) is 11.5 Å². The van der Waals surface area contributed by atoms with Gasteiger partial charge >= 0.3 is 0 Å². The highest BCUT2D eigenvalue weighted by Crippen LogP contribution is 2.33. The Morgan fingerprint density at radius 2 is 1.37 bits per heavy atom. The third kappa shape index (κ3) is 11.6. The third-order valence-corrected chi connectivity index (χ3v) is 6.88. The Kier molecular flexibility index (Phi) is 14.3. The van der Waals surface area contributed by atoms with Crippen molar-refractivity contribution in [2.75, 3.05) is 0 Å². The van der Waals surface area contributed by atoms with Crippen molar-refractivity contribution >= 4 is 11.5 Å². The molecule has 0 unspecified atom stereocenters. The van der Waals surface area contributed by atoms with Crippen molar-refractivity contribution in [1.29, 1.82) is 0 Å². The Labute approximate surface area is 260 Å². The first kappa shape index (κ1) is 32.9. The Balaban J connectivity index is 1.79. The van der Waals surface area contributed by atoms with E-state index in [4.69, 9.17) is 4.74 Å². The van der Waals surface area contributed by atoms with E-state index in [1.54, 1.807) is 0 Å². The molecule has 1 heteroatoms. The molecule has 0 atom stereocenters. The SMILES string of the molecule is C=C(/C=C(/C=C/C=C/CC1C=C(c2ccccc2)OC(c2ccccc2)=C1)\C=C(C)\C(\C=C/C)=C\C)C/C=C\C=C/CC. The summed E-state index contributed by atoms with van der Waals surface area (Å²) in [4.78, 5) is 0. The molecule has 0 spiro atoms. The van der Waals surface area contributed by atoms with Crippen molar-refractivity contribution in [2.24, 2.45) is 5.92 Å². The lowest BCUT2D eigenvalue weighted by molar-refractivity contribution is 0.452. The van der Waals surface area contributed by atoms with Crippen molar-refractivity contribution in [1.82, 2.24) is 0 Å². The second-order valence-corrected chi connectivity index (χ2v) is 10.4. The van der Waals surface area contributed by atoms with E-state index in [-0.39, 0.29) is 5.92 Å². The van der Waals surface area contributed by atoms with Gasteiger partial charge in [0, 0.05) is 17.0 Å². The third-order valence-electron chi connectivity index (χ3n) is 6.88. The predicted molar refractivity (Wildman–Crippen MR) is 189 cm³/mol. The fraction of sp³-hybridized carbons (Fsp3) is 0.190. The molecule has 3 rings (SSSR count). The zero-order valence-electron chi connectivity index (χ0n) is 26.2. The van der Waals surface area contributed by atoms with Crippen LogP contribution in [0.25, 0.3) is 11.5 Å². The first-order chi connectivity index (χ1) is 21.0. The number of rotatable bonds is 14. The molecular formula is C42H46O. The Morgan fingerprint density at radius 3 is 1.95 bits per heavy atom. The summed E-state index contributed by atoms with van der Waals surface area (Å²) in [6, 6.07) is 20.6. The average molecular weight is 567 g/mol. The summed E-state index contributed by atoms with van der Waals surface area (Å²) in [6.45, 7) is 12.7. The van der Waals surface area contributed by atoms with Crippen LogP contribution in [0.3, 0.4) is 0 Å². The minimum absolute atomic E-state index is 0.229. The zero-order chi connectivity index (χ0) is 30.7. The molecule has 2 aromatic rings. The van der Waals surface area contributed by atoms with Crippen LogP contribution >= 0.6 is 0 Å². The van der Waals surface area contributed by atoms with E-state index in [9.17, 15) is 0 Å². The fourth-order valence-corrected chi connectivity index (χ4v) is 4.67. The maximum Gasteiger partial charge on any atom is 0.131 e. The van der Waals surface area contributed by atoms with E-state index in [0.717, 1.165) is 53.1 Å². The van der Waals surface area contributed by atoms with Crippen LogP contribution in [0.2, 0.25) is 0 Å². The molecule has 0 saturated carbocycles. The lowest BCUT2D eigenvalue weighted by Crippen LogP contribution is -2.05. The molecular weight excluding hydrogens is 520 g/mol. The molecule has 1 aliphatic heterocycles. The van der Waals surface area contributed by atoms with Crippen molar-refractivity contribution in [2.45, 2.75) is 47.0 Å². The fourth-order valence-electron chi connectivity index (χ4n) is 4.67. The largest absolute Gasteiger partial charge is 0.457 e. The standard InChI is InChI=1S/C42H46O/c1-6-9-10-11-15-23-34(4)30-36(31-35(5)38(8-3)22-7-2)24-16-12-17-25-37-32-41(39-26-18-13-19-27-39)43-42(33-37)40-28-20-14-21-29-40/h7-22,24,26-33,37H,4,6,23,25H2,1-3,5H3/b10-9-,15-11-,17-12+,22-7-,24-16+,35-31+,36-30-,38-8+. The molecule has 1 heterocycles. The summed E-state index contributed by atoms with van der Waals surface area (Å²) in [5, 5.41) is 0. The molecule has 1 nitrogen and oxygen atoms in total. The molecule has 0 radical (unpaired) electrons. The van der Waals surface area contributed by atoms with E-state index in [1.807, 2.05) is 43.3 Å². The Hall–Kier alpha value is -4.62. The van der Waals surface area contributed by atoms with Crippen LogP contribution in [-0.4, -0.2) is 0 Å². The molecule has 1 aliphatic rings. The minimum Gasteiger partial charge on any atom is -0.457 e. The van der Waals surface area contributed by atoms with E-state index < -0.39 is 0 Å². The predicted octanol–water partition coefficient (Wildman–Crippen LogP) is 12.1. The topological polar surface area (TPSA) is 9.23 Å². The van der Waals surface area contributed by atoms with Crippen LogP contribution in [0.4, 0.5) is 0 Å². The normalized spacial score (nSPS) is 15.7. The van der Waals surface area contributed by atoms with Crippen LogP contribution in [0.1, 0.15) is 58.1 Å². The highest BCUT2D eigenvalue weighted by Gasteiger charge is 2.17. The van der Waals surface area contributed by atoms with Gasteiger partial charge in [-0.05, 0) is 68.9 Å². The van der Waals surface area contributed by atoms with E-state index in [1.165, 1.54) is 11.1 Å². The first-order valence-corrected chi connectivity index (χ1v) is 15.3. The van der Waals surface area contributed by atoms with Gasteiger partial charge in [-0.1, -0.05) is 159 Å². The van der Waals surface area contributed by atoms with Crippen molar-refractivity contribution < 1.29 is 4.74 Å². The van der Waals surface area contributed by atoms with Crippen LogP contribution in [0, 0.1) is 5.92 Å². The summed E-state index contributed by atoms with van der Waals surface area (Å²) in [6.07, 6.45) is 35.1. The van der Waals surface area contributed by atoms with Gasteiger partial charge in [0.2, 0.25) is 0 Å². The molecule has 0 saturated heterocycles. The summed E-state index contributed by atoms with van der Waals surface area (Å²) in [5.41, 5.74) is 6.80. The van der Waals surface area contributed by atoms with Crippen molar-refractivity contribution in [3.63, 3.8) is 0 Å². The number of benzene rings is 2. The summed E-state index contributed by atoms with van der Waals surface area (Å²) < 4.78 is 6.36. The highest BCUT2D eigenvalue weighted by molar-refractivity contribution is 5.73. The Bertz CT molecular complexity index is 1420. The number of hydrogen-bond acceptors (Lipinski definition) is 1. The maximum absolute atomic E-state index is 6.36. The van der Waals surface area contributed by atoms with Gasteiger partial charge in [-0.3, -0.25) is 0 Å². The van der Waals surface area contributed by atoms with Gasteiger partial charge < -0.3 is 4.74 Å². The van der Waals surface area contributed by atoms with Crippen LogP contribution in [-0.2, 0) is 4.74 Å². The molecule has 0 aliphatic carbocycles. The Morgan fingerprint density at radius 1 is 0.767 bits per heavy atom.